The Bertz CT molecular complexity index is 692. The van der Waals surface area contributed by atoms with Crippen molar-refractivity contribution >= 4 is 10.9 Å². The minimum atomic E-state index is 0.259. The molecule has 0 amide bonds. The van der Waals surface area contributed by atoms with Crippen molar-refractivity contribution in [3.8, 4) is 29.2 Å². The van der Waals surface area contributed by atoms with Gasteiger partial charge in [0.25, 0.3) is 0 Å². The van der Waals surface area contributed by atoms with Crippen LogP contribution in [0.3, 0.4) is 0 Å². The molecule has 0 N–H and O–H groups in total. The molecule has 2 rings (SSSR count). The first-order valence-corrected chi connectivity index (χ1v) is 5.78. The van der Waals surface area contributed by atoms with Gasteiger partial charge in [0.05, 0.1) is 34.0 Å². The molecule has 0 aliphatic heterocycles. The molecule has 0 aliphatic rings. The molecule has 0 atom stereocenters. The Kier molecular flexibility index (Phi) is 3.80. The molecule has 0 fully saturated rings. The average molecular weight is 274 g/mol. The Hall–Kier alpha value is -2.68. The number of pyridine rings is 1. The summed E-state index contributed by atoms with van der Waals surface area (Å²) >= 11 is 0. The molecule has 0 unspecified atom stereocenters. The molecule has 0 bridgehead atoms. The lowest BCUT2D eigenvalue weighted by Crippen LogP contribution is -1.99. The number of nitriles is 1. The summed E-state index contributed by atoms with van der Waals surface area (Å²) in [6.45, 7) is 0. The van der Waals surface area contributed by atoms with Crippen LogP contribution in [0.15, 0.2) is 12.1 Å². The lowest BCUT2D eigenvalue weighted by molar-refractivity contribution is 0.327. The van der Waals surface area contributed by atoms with Crippen molar-refractivity contribution in [3.05, 3.63) is 17.7 Å². The molecule has 0 aliphatic carbocycles. The lowest BCUT2D eigenvalue weighted by Gasteiger charge is -2.15. The number of fused-ring (bicyclic) bond motifs is 1. The van der Waals surface area contributed by atoms with Crippen LogP contribution in [0.25, 0.3) is 10.9 Å². The highest BCUT2D eigenvalue weighted by Gasteiger charge is 2.19. The van der Waals surface area contributed by atoms with Crippen molar-refractivity contribution in [2.24, 2.45) is 0 Å². The minimum absolute atomic E-state index is 0.259. The van der Waals surface area contributed by atoms with Crippen molar-refractivity contribution in [3.63, 3.8) is 0 Å². The highest BCUT2D eigenvalue weighted by atomic mass is 16.5. The van der Waals surface area contributed by atoms with Gasteiger partial charge < -0.3 is 18.9 Å². The van der Waals surface area contributed by atoms with E-state index in [9.17, 15) is 0 Å². The van der Waals surface area contributed by atoms with Gasteiger partial charge in [-0.05, 0) is 6.07 Å². The van der Waals surface area contributed by atoms with E-state index < -0.39 is 0 Å². The van der Waals surface area contributed by atoms with E-state index in [1.807, 2.05) is 6.07 Å². The minimum Gasteiger partial charge on any atom is -0.493 e. The molecule has 0 spiro atoms. The van der Waals surface area contributed by atoms with Crippen LogP contribution in [0.5, 0.6) is 23.1 Å². The number of benzene rings is 1. The second kappa shape index (κ2) is 5.53. The summed E-state index contributed by atoms with van der Waals surface area (Å²) in [6, 6.07) is 5.40. The molecule has 104 valence electrons. The summed E-state index contributed by atoms with van der Waals surface area (Å²) in [7, 11) is 6.04. The topological polar surface area (TPSA) is 73.6 Å². The number of ether oxygens (including phenoxy) is 4. The zero-order valence-corrected chi connectivity index (χ0v) is 11.7. The van der Waals surface area contributed by atoms with E-state index >= 15 is 0 Å². The van der Waals surface area contributed by atoms with Crippen molar-refractivity contribution in [1.82, 2.24) is 4.98 Å². The van der Waals surface area contributed by atoms with E-state index in [-0.39, 0.29) is 5.88 Å². The van der Waals surface area contributed by atoms with Crippen LogP contribution < -0.4 is 18.9 Å². The highest BCUT2D eigenvalue weighted by molar-refractivity contribution is 5.92. The fraction of sp³-hybridized carbons (Fsp3) is 0.286. The Labute approximate surface area is 116 Å². The summed E-state index contributed by atoms with van der Waals surface area (Å²) in [4.78, 5) is 4.30. The Morgan fingerprint density at radius 2 is 1.65 bits per heavy atom. The normalized spacial score (nSPS) is 9.95. The quantitative estimate of drug-likeness (QED) is 0.850. The first kappa shape index (κ1) is 13.7. The van der Waals surface area contributed by atoms with Crippen LogP contribution in [0.1, 0.15) is 5.56 Å². The maximum atomic E-state index is 9.13. The first-order valence-electron chi connectivity index (χ1n) is 5.78. The lowest BCUT2D eigenvalue weighted by atomic mass is 10.1. The predicted molar refractivity (Wildman–Crippen MR) is 72.7 cm³/mol. The number of aromatic nitrogens is 1. The fourth-order valence-corrected chi connectivity index (χ4v) is 2.01. The molecule has 6 heteroatoms. The highest BCUT2D eigenvalue weighted by Crippen LogP contribution is 2.43. The molecule has 0 radical (unpaired) electrons. The summed E-state index contributed by atoms with van der Waals surface area (Å²) in [5.41, 5.74) is 0.917. The molecular weight excluding hydrogens is 260 g/mol. The van der Waals surface area contributed by atoms with Crippen molar-refractivity contribution in [2.45, 2.75) is 0 Å². The molecule has 1 aromatic heterocycles. The fourth-order valence-electron chi connectivity index (χ4n) is 2.01. The number of hydrogen-bond donors (Lipinski definition) is 0. The Balaban J connectivity index is 2.89. The second-order valence-electron chi connectivity index (χ2n) is 3.87. The number of hydrogen-bond acceptors (Lipinski definition) is 6. The smallest absolute Gasteiger partial charge is 0.231 e. The number of nitrogens with zero attached hydrogens (tertiary/aromatic N) is 2. The molecule has 0 saturated heterocycles. The van der Waals surface area contributed by atoms with Crippen molar-refractivity contribution in [1.29, 1.82) is 5.26 Å². The zero-order valence-electron chi connectivity index (χ0n) is 11.7. The molecule has 20 heavy (non-hydrogen) atoms. The summed E-state index contributed by atoms with van der Waals surface area (Å²) in [5, 5.41) is 9.79. The average Bonchev–Trinajstić information content (AvgIpc) is 2.51. The zero-order chi connectivity index (χ0) is 14.7. The SMILES string of the molecule is COc1cc2nc(OC)c(C#N)cc2c(OC)c1OC. The third-order valence-electron chi connectivity index (χ3n) is 2.90. The van der Waals surface area contributed by atoms with E-state index in [0.29, 0.717) is 33.7 Å². The standard InChI is InChI=1S/C14H14N2O4/c1-17-11-6-10-9(12(18-2)13(11)19-3)5-8(7-15)14(16-10)20-4/h5-6H,1-4H3. The molecular formula is C14H14N2O4. The van der Waals surface area contributed by atoms with Gasteiger partial charge in [0, 0.05) is 11.5 Å². The van der Waals surface area contributed by atoms with Gasteiger partial charge in [-0.1, -0.05) is 0 Å². The van der Waals surface area contributed by atoms with Crippen LogP contribution in [-0.4, -0.2) is 33.4 Å². The van der Waals surface area contributed by atoms with Gasteiger partial charge in [-0.3, -0.25) is 0 Å². The van der Waals surface area contributed by atoms with Crippen molar-refractivity contribution in [2.75, 3.05) is 28.4 Å². The van der Waals surface area contributed by atoms with Gasteiger partial charge in [-0.2, -0.15) is 5.26 Å². The first-order chi connectivity index (χ1) is 9.69. The molecule has 1 aromatic carbocycles. The molecule has 0 saturated carbocycles. The maximum Gasteiger partial charge on any atom is 0.231 e. The third kappa shape index (κ3) is 2.03. The predicted octanol–water partition coefficient (Wildman–Crippen LogP) is 2.14. The Morgan fingerprint density at radius 3 is 2.15 bits per heavy atom. The largest absolute Gasteiger partial charge is 0.493 e. The molecule has 6 nitrogen and oxygen atoms in total. The van der Waals surface area contributed by atoms with Gasteiger partial charge in [0.15, 0.2) is 11.5 Å². The van der Waals surface area contributed by atoms with E-state index in [4.69, 9.17) is 24.2 Å². The van der Waals surface area contributed by atoms with Crippen LogP contribution in [-0.2, 0) is 0 Å². The van der Waals surface area contributed by atoms with Crippen LogP contribution in [0.4, 0.5) is 0 Å². The van der Waals surface area contributed by atoms with Crippen LogP contribution in [0.2, 0.25) is 0 Å². The summed E-state index contributed by atoms with van der Waals surface area (Å²) in [6.07, 6.45) is 0. The third-order valence-corrected chi connectivity index (χ3v) is 2.90. The second-order valence-corrected chi connectivity index (χ2v) is 3.87. The van der Waals surface area contributed by atoms with Crippen LogP contribution >= 0.6 is 0 Å². The number of rotatable bonds is 4. The van der Waals surface area contributed by atoms with Gasteiger partial charge in [0.2, 0.25) is 11.6 Å². The summed E-state index contributed by atoms with van der Waals surface area (Å²) in [5.74, 6) is 1.68. The summed E-state index contributed by atoms with van der Waals surface area (Å²) < 4.78 is 21.0. The van der Waals surface area contributed by atoms with Gasteiger partial charge >= 0.3 is 0 Å². The number of methoxy groups -OCH3 is 4. The maximum absolute atomic E-state index is 9.13. The van der Waals surface area contributed by atoms with E-state index in [0.717, 1.165) is 0 Å². The van der Waals surface area contributed by atoms with Crippen LogP contribution in [0, 0.1) is 11.3 Å². The van der Waals surface area contributed by atoms with Crippen molar-refractivity contribution < 1.29 is 18.9 Å². The molecule has 1 heterocycles. The Morgan fingerprint density at radius 1 is 0.950 bits per heavy atom. The van der Waals surface area contributed by atoms with E-state index in [2.05, 4.69) is 4.98 Å². The monoisotopic (exact) mass is 274 g/mol. The van der Waals surface area contributed by atoms with Gasteiger partial charge in [-0.15, -0.1) is 0 Å². The van der Waals surface area contributed by atoms with Gasteiger partial charge in [0.1, 0.15) is 11.6 Å². The van der Waals surface area contributed by atoms with E-state index in [1.165, 1.54) is 28.4 Å². The van der Waals surface area contributed by atoms with E-state index in [1.54, 1.807) is 12.1 Å². The van der Waals surface area contributed by atoms with Gasteiger partial charge in [-0.25, -0.2) is 4.98 Å². The molecule has 2 aromatic rings.